The molecule has 1 rings (SSSR count). The Kier molecular flexibility index (Phi) is 3.02. The van der Waals surface area contributed by atoms with Crippen LogP contribution < -0.4 is 5.32 Å². The summed E-state index contributed by atoms with van der Waals surface area (Å²) in [7, 11) is -2.23. The van der Waals surface area contributed by atoms with Gasteiger partial charge in [-0.1, -0.05) is 18.2 Å². The maximum Gasteiger partial charge on any atom is 0.533 e. The predicted molar refractivity (Wildman–Crippen MR) is 54.0 cm³/mol. The van der Waals surface area contributed by atoms with E-state index in [2.05, 4.69) is 5.32 Å². The van der Waals surface area contributed by atoms with Crippen molar-refractivity contribution >= 4 is 13.7 Å². The molecular formula is C9H13NO2P+. The molecule has 0 saturated heterocycles. The SMILES string of the molecule is CC(C)(Nc1ccccc1)[P+](=O)O. The first kappa shape index (κ1) is 10.2. The number of anilines is 1. The molecule has 0 bridgehead atoms. The van der Waals surface area contributed by atoms with Crippen LogP contribution in [-0.2, 0) is 4.57 Å². The van der Waals surface area contributed by atoms with Gasteiger partial charge in [0.25, 0.3) is 5.28 Å². The zero-order chi connectivity index (χ0) is 9.90. The van der Waals surface area contributed by atoms with E-state index >= 15 is 0 Å². The number of benzene rings is 1. The molecule has 4 heteroatoms. The van der Waals surface area contributed by atoms with E-state index < -0.39 is 13.3 Å². The number of hydrogen-bond acceptors (Lipinski definition) is 2. The van der Waals surface area contributed by atoms with E-state index in [1.54, 1.807) is 13.8 Å². The highest BCUT2D eigenvalue weighted by Gasteiger charge is 2.38. The van der Waals surface area contributed by atoms with Crippen LogP contribution in [0.5, 0.6) is 0 Å². The Morgan fingerprint density at radius 3 is 2.31 bits per heavy atom. The molecule has 1 aromatic rings. The molecule has 0 radical (unpaired) electrons. The van der Waals surface area contributed by atoms with Gasteiger partial charge in [0.05, 0.1) is 0 Å². The van der Waals surface area contributed by atoms with Crippen molar-refractivity contribution in [1.29, 1.82) is 0 Å². The smallest absolute Gasteiger partial charge is 0.338 e. The van der Waals surface area contributed by atoms with Crippen LogP contribution in [0.2, 0.25) is 0 Å². The topological polar surface area (TPSA) is 49.3 Å². The standard InChI is InChI=1S/C9H12NO2P/c1-9(2,13(11)12)10-8-6-4-3-5-7-8/h3-7,10H,1-2H3/p+1. The van der Waals surface area contributed by atoms with Crippen LogP contribution >= 0.6 is 8.03 Å². The van der Waals surface area contributed by atoms with Gasteiger partial charge in [0, 0.05) is 19.5 Å². The molecule has 13 heavy (non-hydrogen) atoms. The molecule has 0 fully saturated rings. The Bertz CT molecular complexity index is 298. The van der Waals surface area contributed by atoms with Gasteiger partial charge >= 0.3 is 8.03 Å². The molecule has 70 valence electrons. The minimum Gasteiger partial charge on any atom is -0.338 e. The Labute approximate surface area is 78.7 Å². The predicted octanol–water partition coefficient (Wildman–Crippen LogP) is 2.57. The molecular weight excluding hydrogens is 185 g/mol. The van der Waals surface area contributed by atoms with E-state index in [-0.39, 0.29) is 0 Å². The molecule has 0 heterocycles. The summed E-state index contributed by atoms with van der Waals surface area (Å²) in [6, 6.07) is 9.38. The van der Waals surface area contributed by atoms with Crippen LogP contribution in [0.25, 0.3) is 0 Å². The molecule has 0 amide bonds. The van der Waals surface area contributed by atoms with Gasteiger partial charge in [-0.2, -0.15) is 4.89 Å². The summed E-state index contributed by atoms with van der Waals surface area (Å²) in [5.41, 5.74) is 0.852. The minimum absolute atomic E-state index is 0.781. The molecule has 0 aliphatic carbocycles. The summed E-state index contributed by atoms with van der Waals surface area (Å²) in [6.07, 6.45) is 0. The lowest BCUT2D eigenvalue weighted by atomic mass is 10.3. The van der Waals surface area contributed by atoms with Crippen molar-refractivity contribution in [2.45, 2.75) is 19.1 Å². The maximum atomic E-state index is 10.9. The summed E-state index contributed by atoms with van der Waals surface area (Å²) in [5.74, 6) is 0. The summed E-state index contributed by atoms with van der Waals surface area (Å²) in [4.78, 5) is 8.99. The third-order valence-electron chi connectivity index (χ3n) is 1.70. The molecule has 1 aromatic carbocycles. The highest BCUT2D eigenvalue weighted by atomic mass is 31.1. The van der Waals surface area contributed by atoms with Gasteiger partial charge in [-0.3, -0.25) is 0 Å². The quantitative estimate of drug-likeness (QED) is 0.734. The first-order valence-electron chi connectivity index (χ1n) is 4.02. The minimum atomic E-state index is -2.23. The van der Waals surface area contributed by atoms with Gasteiger partial charge in [0.15, 0.2) is 0 Å². The Morgan fingerprint density at radius 1 is 1.31 bits per heavy atom. The summed E-state index contributed by atoms with van der Waals surface area (Å²) < 4.78 is 10.9. The first-order valence-corrected chi connectivity index (χ1v) is 5.23. The van der Waals surface area contributed by atoms with Gasteiger partial charge in [0.1, 0.15) is 0 Å². The van der Waals surface area contributed by atoms with Gasteiger partial charge in [-0.05, 0) is 16.7 Å². The van der Waals surface area contributed by atoms with Crippen LogP contribution in [0.15, 0.2) is 30.3 Å². The van der Waals surface area contributed by atoms with Crippen LogP contribution in [0.3, 0.4) is 0 Å². The van der Waals surface area contributed by atoms with Crippen molar-refractivity contribution in [3.05, 3.63) is 30.3 Å². The highest BCUT2D eigenvalue weighted by Crippen LogP contribution is 2.34. The van der Waals surface area contributed by atoms with Crippen LogP contribution in [0.1, 0.15) is 13.8 Å². The molecule has 0 saturated carbocycles. The molecule has 3 nitrogen and oxygen atoms in total. The van der Waals surface area contributed by atoms with Crippen molar-refractivity contribution in [1.82, 2.24) is 0 Å². The molecule has 0 aromatic heterocycles. The fraction of sp³-hybridized carbons (Fsp3) is 0.333. The van der Waals surface area contributed by atoms with Crippen molar-refractivity contribution in [3.63, 3.8) is 0 Å². The van der Waals surface area contributed by atoms with Gasteiger partial charge in [0.2, 0.25) is 0 Å². The van der Waals surface area contributed by atoms with Crippen molar-refractivity contribution in [2.24, 2.45) is 0 Å². The largest absolute Gasteiger partial charge is 0.533 e. The lowest BCUT2D eigenvalue weighted by molar-refractivity contribution is 0.475. The maximum absolute atomic E-state index is 10.9. The third-order valence-corrected chi connectivity index (χ3v) is 2.77. The number of hydrogen-bond donors (Lipinski definition) is 2. The Morgan fingerprint density at radius 2 is 1.85 bits per heavy atom. The summed E-state index contributed by atoms with van der Waals surface area (Å²) in [5, 5.41) is 2.20. The van der Waals surface area contributed by atoms with E-state index in [1.807, 2.05) is 30.3 Å². The second kappa shape index (κ2) is 3.86. The van der Waals surface area contributed by atoms with Gasteiger partial charge in [-0.25, -0.2) is 0 Å². The van der Waals surface area contributed by atoms with Crippen LogP contribution in [-0.4, -0.2) is 10.2 Å². The van der Waals surface area contributed by atoms with E-state index in [0.717, 1.165) is 5.69 Å². The Hall–Kier alpha value is -0.920. The fourth-order valence-corrected chi connectivity index (χ4v) is 1.15. The van der Waals surface area contributed by atoms with Crippen molar-refractivity contribution in [2.75, 3.05) is 5.32 Å². The molecule has 1 unspecified atom stereocenters. The Balaban J connectivity index is 2.75. The van der Waals surface area contributed by atoms with E-state index in [9.17, 15) is 4.57 Å². The number of nitrogens with one attached hydrogen (secondary N) is 1. The van der Waals surface area contributed by atoms with Gasteiger partial charge < -0.3 is 5.32 Å². The fourth-order valence-electron chi connectivity index (χ4n) is 0.923. The zero-order valence-electron chi connectivity index (χ0n) is 7.69. The zero-order valence-corrected chi connectivity index (χ0v) is 8.58. The van der Waals surface area contributed by atoms with E-state index in [0.29, 0.717) is 0 Å². The lowest BCUT2D eigenvalue weighted by Crippen LogP contribution is -2.26. The normalized spacial score (nSPS) is 12.4. The van der Waals surface area contributed by atoms with Crippen molar-refractivity contribution < 1.29 is 9.46 Å². The average Bonchev–Trinajstić information content (AvgIpc) is 2.05. The summed E-state index contributed by atoms with van der Waals surface area (Å²) >= 11 is 0. The monoisotopic (exact) mass is 198 g/mol. The molecule has 0 aliphatic heterocycles. The summed E-state index contributed by atoms with van der Waals surface area (Å²) in [6.45, 7) is 3.39. The number of para-hydroxylation sites is 1. The lowest BCUT2D eigenvalue weighted by Gasteiger charge is -2.13. The van der Waals surface area contributed by atoms with Crippen LogP contribution in [0.4, 0.5) is 5.69 Å². The second-order valence-electron chi connectivity index (χ2n) is 3.32. The molecule has 0 aliphatic rings. The first-order chi connectivity index (χ1) is 6.02. The highest BCUT2D eigenvalue weighted by molar-refractivity contribution is 7.40. The average molecular weight is 198 g/mol. The molecule has 1 atom stereocenters. The molecule has 2 N–H and O–H groups in total. The molecule has 0 spiro atoms. The van der Waals surface area contributed by atoms with Crippen LogP contribution in [0, 0.1) is 0 Å². The van der Waals surface area contributed by atoms with E-state index in [1.165, 1.54) is 0 Å². The second-order valence-corrected chi connectivity index (χ2v) is 4.99. The third kappa shape index (κ3) is 2.79. The van der Waals surface area contributed by atoms with Crippen molar-refractivity contribution in [3.8, 4) is 0 Å². The number of rotatable bonds is 3. The van der Waals surface area contributed by atoms with Gasteiger partial charge in [-0.15, -0.1) is 0 Å². The van der Waals surface area contributed by atoms with E-state index in [4.69, 9.17) is 4.89 Å².